The van der Waals surface area contributed by atoms with Crippen molar-refractivity contribution in [3.63, 3.8) is 0 Å². The minimum Gasteiger partial charge on any atom is -0.481 e. The molecule has 0 saturated heterocycles. The monoisotopic (exact) mass is 595 g/mol. The molecule has 0 aliphatic carbocycles. The first kappa shape index (κ1) is 32.2. The number of rotatable bonds is 12. The van der Waals surface area contributed by atoms with E-state index in [9.17, 15) is 14.7 Å². The van der Waals surface area contributed by atoms with E-state index in [0.29, 0.717) is 59.9 Å². The number of aromatic carboxylic acids is 1. The number of ether oxygens (including phenoxy) is 4. The molecule has 4 heterocycles. The van der Waals surface area contributed by atoms with E-state index in [1.165, 1.54) is 18.0 Å². The molecule has 4 rings (SSSR count). The molecule has 1 aliphatic rings. The summed E-state index contributed by atoms with van der Waals surface area (Å²) in [5.74, 6) is -0.517. The quantitative estimate of drug-likeness (QED) is 0.182. The van der Waals surface area contributed by atoms with Crippen LogP contribution >= 0.6 is 0 Å². The van der Waals surface area contributed by atoms with E-state index in [1.54, 1.807) is 50.4 Å². The van der Waals surface area contributed by atoms with Crippen LogP contribution in [0.15, 0.2) is 59.2 Å². The van der Waals surface area contributed by atoms with E-state index in [0.717, 1.165) is 6.04 Å². The molecule has 0 amide bonds. The number of aliphatic imine (C=N–C) groups is 1. The summed E-state index contributed by atoms with van der Waals surface area (Å²) in [6, 6.07) is 11.5. The zero-order valence-electron chi connectivity index (χ0n) is 24.8. The Morgan fingerprint density at radius 2 is 1.64 bits per heavy atom. The van der Waals surface area contributed by atoms with E-state index in [4.69, 9.17) is 18.9 Å². The van der Waals surface area contributed by atoms with Gasteiger partial charge in [-0.25, -0.2) is 24.2 Å². The smallest absolute Gasteiger partial charge is 0.340 e. The van der Waals surface area contributed by atoms with Crippen LogP contribution in [0.3, 0.4) is 0 Å². The number of carboxylic acid groups (broad SMARTS) is 1. The van der Waals surface area contributed by atoms with Crippen molar-refractivity contribution in [2.24, 2.45) is 4.99 Å². The van der Waals surface area contributed by atoms with Crippen molar-refractivity contribution in [2.75, 3.05) is 34.0 Å². The summed E-state index contributed by atoms with van der Waals surface area (Å²) in [6.07, 6.45) is 3.21. The van der Waals surface area contributed by atoms with Crippen LogP contribution in [-0.4, -0.2) is 84.6 Å². The molecule has 0 spiro atoms. The number of pyridine rings is 2. The molecule has 1 N–H and O–H groups in total. The van der Waals surface area contributed by atoms with Gasteiger partial charge in [0.2, 0.25) is 11.8 Å². The van der Waals surface area contributed by atoms with Gasteiger partial charge in [-0.05, 0) is 31.2 Å². The third-order valence-electron chi connectivity index (χ3n) is 5.86. The second-order valence-electron chi connectivity index (χ2n) is 10.2. The van der Waals surface area contributed by atoms with Gasteiger partial charge in [0.05, 0.1) is 50.0 Å². The summed E-state index contributed by atoms with van der Waals surface area (Å²) in [6.45, 7) is 10.3. The number of hydrogen-bond donors (Lipinski definition) is 1. The van der Waals surface area contributed by atoms with Crippen molar-refractivity contribution < 1.29 is 33.6 Å². The van der Waals surface area contributed by atoms with Gasteiger partial charge in [-0.2, -0.15) is 5.10 Å². The Hall–Kier alpha value is -4.36. The maximum absolute atomic E-state index is 11.8. The standard InChI is InChI=1S/C16H23N3O4Si.C13H14N2O3/c1-22-14-7-5-6-13(17-14)15-12(16(20)21)10-19(18-15)11-23-8-9-24(2,3)4;1-3-18-13(16)9-7-8-14-12(9)10-5-4-6-11(15-10)17-2/h5-7,10H,8-9,11H2,1-4H3,(H,20,21);4-7H,3,8H2,1-2H3. The fourth-order valence-corrected chi connectivity index (χ4v) is 4.47. The van der Waals surface area contributed by atoms with E-state index < -0.39 is 14.0 Å². The minimum atomic E-state index is -1.15. The summed E-state index contributed by atoms with van der Waals surface area (Å²) in [5, 5.41) is 13.7. The first-order valence-corrected chi connectivity index (χ1v) is 17.1. The van der Waals surface area contributed by atoms with Crippen molar-refractivity contribution in [2.45, 2.75) is 39.3 Å². The highest BCUT2D eigenvalue weighted by Gasteiger charge is 2.23. The Labute approximate surface area is 246 Å². The molecule has 0 bridgehead atoms. The predicted molar refractivity (Wildman–Crippen MR) is 160 cm³/mol. The SMILES string of the molecule is CCOC(=O)C1=CCN=C1c1cccc(OC)n1.COc1cccc(-c2nn(COCC[Si](C)(C)C)cc2C(=O)O)n1. The van der Waals surface area contributed by atoms with Crippen LogP contribution in [0.4, 0.5) is 0 Å². The van der Waals surface area contributed by atoms with Crippen LogP contribution in [0.25, 0.3) is 11.4 Å². The van der Waals surface area contributed by atoms with Gasteiger partial charge in [0, 0.05) is 33.0 Å². The number of carbonyl (C=O) groups is 2. The van der Waals surface area contributed by atoms with Gasteiger partial charge < -0.3 is 24.1 Å². The molecule has 0 saturated carbocycles. The fraction of sp³-hybridized carbons (Fsp3) is 0.379. The Bertz CT molecular complexity index is 1450. The highest BCUT2D eigenvalue weighted by molar-refractivity contribution is 6.76. The lowest BCUT2D eigenvalue weighted by molar-refractivity contribution is -0.137. The van der Waals surface area contributed by atoms with Crippen molar-refractivity contribution in [3.8, 4) is 23.1 Å². The topological polar surface area (TPSA) is 147 Å². The molecule has 0 radical (unpaired) electrons. The Morgan fingerprint density at radius 1 is 1.00 bits per heavy atom. The fourth-order valence-electron chi connectivity index (χ4n) is 3.71. The maximum atomic E-state index is 11.8. The summed E-state index contributed by atoms with van der Waals surface area (Å²) in [7, 11) is 1.90. The normalized spacial score (nSPS) is 12.5. The van der Waals surface area contributed by atoms with Crippen LogP contribution in [0.1, 0.15) is 23.0 Å². The number of aromatic nitrogens is 4. The predicted octanol–water partition coefficient (Wildman–Crippen LogP) is 4.35. The molecule has 0 fully saturated rings. The number of methoxy groups -OCH3 is 2. The Balaban J connectivity index is 0.000000240. The lowest BCUT2D eigenvalue weighted by Crippen LogP contribution is -2.22. The van der Waals surface area contributed by atoms with Crippen molar-refractivity contribution >= 4 is 25.7 Å². The highest BCUT2D eigenvalue weighted by Crippen LogP contribution is 2.23. The summed E-state index contributed by atoms with van der Waals surface area (Å²) in [4.78, 5) is 36.0. The van der Waals surface area contributed by atoms with Crippen LogP contribution in [0.2, 0.25) is 25.7 Å². The van der Waals surface area contributed by atoms with Gasteiger partial charge in [-0.15, -0.1) is 0 Å². The molecule has 13 heteroatoms. The lowest BCUT2D eigenvalue weighted by Gasteiger charge is -2.15. The third kappa shape index (κ3) is 9.08. The largest absolute Gasteiger partial charge is 0.481 e. The Morgan fingerprint density at radius 3 is 2.24 bits per heavy atom. The summed E-state index contributed by atoms with van der Waals surface area (Å²) >= 11 is 0. The summed E-state index contributed by atoms with van der Waals surface area (Å²) < 4.78 is 22.2. The zero-order chi connectivity index (χ0) is 30.7. The number of esters is 1. The number of nitrogens with zero attached hydrogens (tertiary/aromatic N) is 5. The van der Waals surface area contributed by atoms with Gasteiger partial charge in [0.25, 0.3) is 0 Å². The van der Waals surface area contributed by atoms with Gasteiger partial charge >= 0.3 is 11.9 Å². The molecule has 0 aromatic carbocycles. The highest BCUT2D eigenvalue weighted by atomic mass is 28.3. The lowest BCUT2D eigenvalue weighted by atomic mass is 10.1. The molecule has 0 unspecified atom stereocenters. The molecular weight excluding hydrogens is 558 g/mol. The average Bonchev–Trinajstić information content (AvgIpc) is 3.64. The number of hydrogen-bond acceptors (Lipinski definition) is 10. The van der Waals surface area contributed by atoms with Gasteiger partial charge in [-0.3, -0.25) is 4.99 Å². The first-order chi connectivity index (χ1) is 20.1. The molecule has 12 nitrogen and oxygen atoms in total. The third-order valence-corrected chi connectivity index (χ3v) is 7.56. The average molecular weight is 596 g/mol. The molecule has 3 aromatic heterocycles. The van der Waals surface area contributed by atoms with Crippen LogP contribution in [0.5, 0.6) is 11.8 Å². The van der Waals surface area contributed by atoms with E-state index >= 15 is 0 Å². The zero-order valence-corrected chi connectivity index (χ0v) is 25.8. The van der Waals surface area contributed by atoms with Gasteiger partial charge in [-0.1, -0.05) is 31.8 Å². The van der Waals surface area contributed by atoms with Gasteiger partial charge in [0.15, 0.2) is 0 Å². The van der Waals surface area contributed by atoms with E-state index in [-0.39, 0.29) is 18.3 Å². The molecule has 0 atom stereocenters. The molecule has 42 heavy (non-hydrogen) atoms. The van der Waals surface area contributed by atoms with Crippen LogP contribution < -0.4 is 9.47 Å². The van der Waals surface area contributed by atoms with Crippen LogP contribution in [0, 0.1) is 0 Å². The maximum Gasteiger partial charge on any atom is 0.340 e. The second-order valence-corrected chi connectivity index (χ2v) is 15.9. The molecular formula is C29H37N5O7Si. The van der Waals surface area contributed by atoms with Gasteiger partial charge in [0.1, 0.15) is 18.0 Å². The van der Waals surface area contributed by atoms with Crippen molar-refractivity contribution in [3.05, 3.63) is 65.5 Å². The minimum absolute atomic E-state index is 0.0875. The van der Waals surface area contributed by atoms with E-state index in [2.05, 4.69) is 39.7 Å². The van der Waals surface area contributed by atoms with Crippen molar-refractivity contribution in [1.82, 2.24) is 19.7 Å². The Kier molecular flexibility index (Phi) is 11.5. The number of carboxylic acids is 1. The second kappa shape index (κ2) is 15.0. The summed E-state index contributed by atoms with van der Waals surface area (Å²) in [5.41, 5.74) is 2.49. The number of carbonyl (C=O) groups excluding carboxylic acids is 1. The molecule has 1 aliphatic heterocycles. The molecule has 224 valence electrons. The molecule has 3 aromatic rings. The van der Waals surface area contributed by atoms with Crippen LogP contribution in [-0.2, 0) is 21.0 Å². The van der Waals surface area contributed by atoms with E-state index in [1.807, 2.05) is 6.07 Å². The first-order valence-electron chi connectivity index (χ1n) is 13.4. The van der Waals surface area contributed by atoms with Crippen molar-refractivity contribution in [1.29, 1.82) is 0 Å².